The Bertz CT molecular complexity index is 5840. The maximum absolute atomic E-state index is 15.1. The number of halogens is 7. The minimum absolute atomic E-state index is 0.0643. The first-order valence-electron chi connectivity index (χ1n) is 32.0. The molecule has 25 nitrogen and oxygen atoms in total. The van der Waals surface area contributed by atoms with E-state index in [1.54, 1.807) is 102 Å². The predicted molar refractivity (Wildman–Crippen MR) is 410 cm³/mol. The second-order valence-corrected chi connectivity index (χ2v) is 24.8. The van der Waals surface area contributed by atoms with Gasteiger partial charge in [-0.1, -0.05) is 29.8 Å². The van der Waals surface area contributed by atoms with Crippen molar-refractivity contribution in [3.05, 3.63) is 246 Å². The molecule has 4 N–H and O–H groups in total. The van der Waals surface area contributed by atoms with Gasteiger partial charge in [-0.05, 0) is 177 Å². The number of pyridine rings is 1. The number of rotatable bonds is 8. The molecule has 3 aromatic carbocycles. The number of methoxy groups -OCH3 is 3. The highest BCUT2D eigenvalue weighted by molar-refractivity contribution is 9.93. The summed E-state index contributed by atoms with van der Waals surface area (Å²) in [7, 11) is 4.35. The average Bonchev–Trinajstić information content (AvgIpc) is 1.62. The summed E-state index contributed by atoms with van der Waals surface area (Å²) in [4.78, 5) is 38.0. The van der Waals surface area contributed by atoms with Crippen molar-refractivity contribution in [3.63, 3.8) is 0 Å². The highest BCUT2D eigenvalue weighted by Crippen LogP contribution is 2.37. The lowest BCUT2D eigenvalue weighted by Gasteiger charge is -2.11. The number of nitrogens with zero attached hydrogens (tertiary/aromatic N) is 18. The van der Waals surface area contributed by atoms with Gasteiger partial charge in [0.15, 0.2) is 68.8 Å². The molecule has 540 valence electrons. The van der Waals surface area contributed by atoms with E-state index in [4.69, 9.17) is 41.6 Å². The number of ether oxygens (including phenoxy) is 3. The summed E-state index contributed by atoms with van der Waals surface area (Å²) in [6.07, 6.45) is 6.98. The quantitative estimate of drug-likeness (QED) is 0.119. The molecule has 0 aliphatic carbocycles. The number of aryl methyl sites for hydroxylation is 11. The van der Waals surface area contributed by atoms with Gasteiger partial charge in [-0.3, -0.25) is 15.0 Å². The van der Waals surface area contributed by atoms with Gasteiger partial charge in [0.05, 0.1) is 77.4 Å². The van der Waals surface area contributed by atoms with E-state index in [0.29, 0.717) is 67.3 Å². The molecule has 0 aliphatic rings. The molecule has 105 heavy (non-hydrogen) atoms. The van der Waals surface area contributed by atoms with Gasteiger partial charge >= 0.3 is 0 Å². The lowest BCUT2D eigenvalue weighted by Crippen LogP contribution is -2.14. The summed E-state index contributed by atoms with van der Waals surface area (Å²) >= 11 is 14.9. The van der Waals surface area contributed by atoms with Crippen LogP contribution in [0.2, 0.25) is 5.15 Å². The zero-order valence-corrected chi connectivity index (χ0v) is 64.8. The minimum atomic E-state index is -0.432. The number of aromatic nitrogens is 20. The van der Waals surface area contributed by atoms with Gasteiger partial charge in [0.25, 0.3) is 5.56 Å². The molecule has 0 bridgehead atoms. The van der Waals surface area contributed by atoms with E-state index in [1.807, 2.05) is 137 Å². The fourth-order valence-corrected chi connectivity index (χ4v) is 11.8. The Balaban J connectivity index is 0.000000143. The Labute approximate surface area is 628 Å². The summed E-state index contributed by atoms with van der Waals surface area (Å²) < 4.78 is 69.9. The standard InChI is InChI=1S/C24H21FN6O.C15H13BrFN3O.C15H14FN3O.C8H8ClN3.C8H9N3O.C3H5N3.Br2/c1-14-11-21(30-10-6-9-27-30)26-13-18(14)22-16(3)29-31-19(12-15(2)28-24(22)31)17-7-5-8-20(32-4)23(17)25;1-8-7-11(10-5-4-6-12(21-3)14(10)17)20-15(18-8)13(16)9(2)19-20;1-9-7-12(19-14(17-9)8-10(2)18-19)11-5-4-6-13(20-3)15(11)16;1-5-3-7(9)12-8(10-5)4-6(2)11-12;1-5-4-8(12)11-7(9-5)3-6(2)10-11;4-3-1-2-5-6-3;1-2/h5-13H,1-4H3;4-7H,1-3H3;4-8H,1-3H3;3-4H,1-2H3;3-4,10H,1-2H3;1-2H,(H3,4,5,6);. The van der Waals surface area contributed by atoms with Crippen molar-refractivity contribution in [3.8, 4) is 68.0 Å². The van der Waals surface area contributed by atoms with E-state index in [1.165, 1.54) is 31.9 Å². The van der Waals surface area contributed by atoms with Gasteiger partial charge in [-0.25, -0.2) is 70.3 Å². The number of aromatic amines is 2. The van der Waals surface area contributed by atoms with Crippen molar-refractivity contribution in [2.75, 3.05) is 27.1 Å². The Morgan fingerprint density at radius 3 is 1.50 bits per heavy atom. The first-order valence-corrected chi connectivity index (χ1v) is 36.9. The van der Waals surface area contributed by atoms with Crippen molar-refractivity contribution in [1.82, 2.24) is 98.0 Å². The summed E-state index contributed by atoms with van der Waals surface area (Å²) in [5, 5.41) is 31.5. The lowest BCUT2D eigenvalue weighted by molar-refractivity contribution is 0.387. The third kappa shape index (κ3) is 17.1. The average molecular weight is 1640 g/mol. The summed E-state index contributed by atoms with van der Waals surface area (Å²) in [5.41, 5.74) is 22.9. The van der Waals surface area contributed by atoms with E-state index in [2.05, 4.69) is 105 Å². The molecular formula is C73H70Br3ClF3N21O4. The van der Waals surface area contributed by atoms with Crippen molar-refractivity contribution >= 4 is 89.8 Å². The van der Waals surface area contributed by atoms with Crippen molar-refractivity contribution in [2.24, 2.45) is 0 Å². The van der Waals surface area contributed by atoms with E-state index in [9.17, 15) is 13.6 Å². The highest BCUT2D eigenvalue weighted by atomic mass is 80.9. The number of nitrogen functional groups attached to an aromatic ring is 1. The van der Waals surface area contributed by atoms with Crippen molar-refractivity contribution < 1.29 is 27.4 Å². The lowest BCUT2D eigenvalue weighted by atomic mass is 10.0. The van der Waals surface area contributed by atoms with Crippen LogP contribution in [0.15, 0.2) is 155 Å². The van der Waals surface area contributed by atoms with Gasteiger partial charge < -0.3 is 19.9 Å². The molecule has 0 amide bonds. The van der Waals surface area contributed by atoms with Gasteiger partial charge in [0.2, 0.25) is 0 Å². The number of anilines is 1. The largest absolute Gasteiger partial charge is 0.494 e. The minimum Gasteiger partial charge on any atom is -0.494 e. The van der Waals surface area contributed by atoms with Crippen LogP contribution in [0.1, 0.15) is 62.5 Å². The Morgan fingerprint density at radius 2 is 0.990 bits per heavy atom. The second kappa shape index (κ2) is 33.5. The first-order chi connectivity index (χ1) is 50.3. The summed E-state index contributed by atoms with van der Waals surface area (Å²) in [6, 6.07) is 35.1. The molecule has 0 aliphatic heterocycles. The highest BCUT2D eigenvalue weighted by Gasteiger charge is 2.23. The van der Waals surface area contributed by atoms with E-state index in [-0.39, 0.29) is 22.8 Å². The van der Waals surface area contributed by atoms with Crippen LogP contribution in [0.4, 0.5) is 19.0 Å². The van der Waals surface area contributed by atoms with Gasteiger partial charge in [-0.15, -0.1) is 0 Å². The van der Waals surface area contributed by atoms with Gasteiger partial charge in [0, 0.05) is 128 Å². The van der Waals surface area contributed by atoms with E-state index in [0.717, 1.165) is 89.6 Å². The normalized spacial score (nSPS) is 10.8. The molecule has 13 heterocycles. The van der Waals surface area contributed by atoms with Crippen molar-refractivity contribution in [2.45, 2.75) is 76.2 Å². The van der Waals surface area contributed by atoms with Gasteiger partial charge in [-0.2, -0.15) is 30.6 Å². The fourth-order valence-electron chi connectivity index (χ4n) is 11.2. The molecular weight excluding hydrogens is 1570 g/mol. The molecule has 0 unspecified atom stereocenters. The molecule has 13 aromatic heterocycles. The Morgan fingerprint density at radius 1 is 0.505 bits per heavy atom. The first kappa shape index (κ1) is 76.5. The Kier molecular flexibility index (Phi) is 24.4. The summed E-state index contributed by atoms with van der Waals surface area (Å²) in [5.74, 6) is 0.712. The fraction of sp³-hybridized carbons (Fsp3) is 0.192. The van der Waals surface area contributed by atoms with Crippen molar-refractivity contribution in [1.29, 1.82) is 0 Å². The zero-order chi connectivity index (χ0) is 75.7. The van der Waals surface area contributed by atoms with Crippen LogP contribution in [0, 0.1) is 93.6 Å². The van der Waals surface area contributed by atoms with Crippen LogP contribution in [-0.4, -0.2) is 119 Å². The molecule has 0 saturated carbocycles. The monoisotopic (exact) mass is 1630 g/mol. The van der Waals surface area contributed by atoms with Crippen LogP contribution in [0.25, 0.3) is 79.0 Å². The van der Waals surface area contributed by atoms with Crippen LogP contribution < -0.4 is 25.5 Å². The van der Waals surface area contributed by atoms with Crippen LogP contribution in [-0.2, 0) is 0 Å². The maximum atomic E-state index is 15.1. The molecule has 0 fully saturated rings. The molecule has 16 aromatic rings. The van der Waals surface area contributed by atoms with E-state index >= 15 is 4.39 Å². The van der Waals surface area contributed by atoms with Gasteiger partial charge in [0.1, 0.15) is 11.0 Å². The predicted octanol–water partition coefficient (Wildman–Crippen LogP) is 16.1. The third-order valence-corrected chi connectivity index (χ3v) is 16.9. The molecule has 0 saturated heterocycles. The molecule has 0 spiro atoms. The number of hydrogen-bond donors (Lipinski definition) is 3. The number of H-pyrrole nitrogens is 2. The molecule has 16 rings (SSSR count). The third-order valence-electron chi connectivity index (χ3n) is 15.7. The summed E-state index contributed by atoms with van der Waals surface area (Å²) in [6.45, 7) is 20.9. The van der Waals surface area contributed by atoms with E-state index < -0.39 is 17.5 Å². The number of hydrogen-bond acceptors (Lipinski definition) is 17. The SMILES string of the molecule is BrBr.COc1cccc(-c2cc(C)nc3c(-c4cnc(-n5cccn5)cc4C)c(C)nn23)c1F.COc1cccc(-c2cc(C)nc3c(Br)c(C)nn23)c1F.COc1cccc(-c2cc(C)nc3cc(C)nn23)c1F.Cc1cc(=O)n2[nH]c(C)cc2n1.Cc1cc(Cl)n2nc(C)cc2n1.Nc1ccn[nH]1. The topological polar surface area (TPSA) is 284 Å². The van der Waals surface area contributed by atoms with Crippen LogP contribution in [0.3, 0.4) is 0 Å². The van der Waals surface area contributed by atoms with Crippen LogP contribution in [0.5, 0.6) is 17.2 Å². The second-order valence-electron chi connectivity index (χ2n) is 23.7. The number of nitrogens with two attached hydrogens (primary N) is 1. The number of nitrogens with one attached hydrogen (secondary N) is 2. The molecule has 0 atom stereocenters. The molecule has 0 radical (unpaired) electrons. The smallest absolute Gasteiger partial charge is 0.272 e. The number of fused-ring (bicyclic) bond motifs is 5. The van der Waals surface area contributed by atoms with Crippen LogP contribution >= 0.6 is 55.8 Å². The number of benzene rings is 3. The maximum Gasteiger partial charge on any atom is 0.272 e. The Hall–Kier alpha value is -11.2. The zero-order valence-electron chi connectivity index (χ0n) is 59.3. The molecule has 32 heteroatoms.